The second-order valence-electron chi connectivity index (χ2n) is 6.80. The maximum atomic E-state index is 13.0. The normalized spacial score (nSPS) is 23.9. The molecule has 0 saturated heterocycles. The lowest BCUT2D eigenvalue weighted by atomic mass is 9.88. The lowest BCUT2D eigenvalue weighted by Crippen LogP contribution is -2.52. The summed E-state index contributed by atoms with van der Waals surface area (Å²) in [4.78, 5) is 25.3. The van der Waals surface area contributed by atoms with E-state index in [1.54, 1.807) is 19.1 Å². The average molecular weight is 416 g/mol. The van der Waals surface area contributed by atoms with Gasteiger partial charge in [-0.05, 0) is 36.8 Å². The van der Waals surface area contributed by atoms with E-state index in [0.29, 0.717) is 25.0 Å². The third-order valence-corrected chi connectivity index (χ3v) is 5.37. The second-order valence-corrected chi connectivity index (χ2v) is 7.72. The molecule has 5 nitrogen and oxygen atoms in total. The summed E-state index contributed by atoms with van der Waals surface area (Å²) in [6, 6.07) is 12.8. The number of esters is 1. The Bertz CT molecular complexity index is 897. The third-order valence-electron chi connectivity index (χ3n) is 4.88. The molecule has 134 valence electrons. The molecular weight excluding hydrogens is 398 g/mol. The van der Waals surface area contributed by atoms with Gasteiger partial charge >= 0.3 is 5.97 Å². The van der Waals surface area contributed by atoms with Crippen LogP contribution in [-0.4, -0.2) is 24.1 Å². The number of halogens is 1. The van der Waals surface area contributed by atoms with Gasteiger partial charge in [0.2, 0.25) is 0 Å². The monoisotopic (exact) mass is 415 g/mol. The highest BCUT2D eigenvalue weighted by Gasteiger charge is 2.43. The van der Waals surface area contributed by atoms with Crippen LogP contribution in [-0.2, 0) is 16.0 Å². The Morgan fingerprint density at radius 3 is 2.92 bits per heavy atom. The predicted octanol–water partition coefficient (Wildman–Crippen LogP) is 3.56. The van der Waals surface area contributed by atoms with E-state index in [4.69, 9.17) is 9.47 Å². The van der Waals surface area contributed by atoms with Crippen LogP contribution < -0.4 is 10.1 Å². The van der Waals surface area contributed by atoms with Crippen molar-refractivity contribution in [3.63, 3.8) is 0 Å². The minimum Gasteiger partial charge on any atom is -0.493 e. The van der Waals surface area contributed by atoms with Gasteiger partial charge in [0.15, 0.2) is 5.60 Å². The summed E-state index contributed by atoms with van der Waals surface area (Å²) in [5.74, 6) is 0.0127. The molecular formula is C20H18BrNO4. The Morgan fingerprint density at radius 2 is 2.08 bits per heavy atom. The second kappa shape index (κ2) is 6.43. The quantitative estimate of drug-likeness (QED) is 0.761. The molecule has 2 aliphatic rings. The van der Waals surface area contributed by atoms with Crippen molar-refractivity contribution in [2.75, 3.05) is 6.61 Å². The molecule has 1 amide bonds. The molecule has 2 unspecified atom stereocenters. The summed E-state index contributed by atoms with van der Waals surface area (Å²) in [5, 5.41) is 3.05. The van der Waals surface area contributed by atoms with Crippen LogP contribution in [0.4, 0.5) is 0 Å². The number of rotatable bonds is 2. The largest absolute Gasteiger partial charge is 0.493 e. The van der Waals surface area contributed by atoms with Crippen LogP contribution in [0.15, 0.2) is 46.9 Å². The third kappa shape index (κ3) is 2.98. The van der Waals surface area contributed by atoms with Crippen molar-refractivity contribution < 1.29 is 19.1 Å². The Morgan fingerprint density at radius 1 is 1.27 bits per heavy atom. The van der Waals surface area contributed by atoms with E-state index in [0.717, 1.165) is 21.3 Å². The molecule has 6 heteroatoms. The van der Waals surface area contributed by atoms with Crippen LogP contribution in [0.2, 0.25) is 0 Å². The zero-order valence-electron chi connectivity index (χ0n) is 14.3. The predicted molar refractivity (Wildman–Crippen MR) is 99.1 cm³/mol. The van der Waals surface area contributed by atoms with E-state index in [2.05, 4.69) is 21.2 Å². The first-order valence-corrected chi connectivity index (χ1v) is 9.30. The van der Waals surface area contributed by atoms with Gasteiger partial charge in [-0.2, -0.15) is 0 Å². The summed E-state index contributed by atoms with van der Waals surface area (Å²) < 4.78 is 12.1. The fraction of sp³-hybridized carbons (Fsp3) is 0.300. The molecule has 0 spiro atoms. The van der Waals surface area contributed by atoms with Crippen LogP contribution in [0.25, 0.3) is 0 Å². The van der Waals surface area contributed by atoms with Crippen molar-refractivity contribution in [2.24, 2.45) is 0 Å². The van der Waals surface area contributed by atoms with Crippen molar-refractivity contribution in [3.05, 3.63) is 63.6 Å². The van der Waals surface area contributed by atoms with Gasteiger partial charge in [0, 0.05) is 22.9 Å². The number of hydrogen-bond donors (Lipinski definition) is 1. The maximum Gasteiger partial charge on any atom is 0.339 e. The van der Waals surface area contributed by atoms with Crippen molar-refractivity contribution in [2.45, 2.75) is 31.4 Å². The fourth-order valence-electron chi connectivity index (χ4n) is 3.49. The van der Waals surface area contributed by atoms with E-state index in [1.807, 2.05) is 30.3 Å². The maximum absolute atomic E-state index is 13.0. The molecule has 0 aliphatic carbocycles. The van der Waals surface area contributed by atoms with E-state index in [9.17, 15) is 9.59 Å². The number of cyclic esters (lactones) is 1. The molecule has 2 heterocycles. The first kappa shape index (κ1) is 17.1. The summed E-state index contributed by atoms with van der Waals surface area (Å²) >= 11 is 3.46. The van der Waals surface area contributed by atoms with Crippen molar-refractivity contribution >= 4 is 27.8 Å². The summed E-state index contributed by atoms with van der Waals surface area (Å²) in [5.41, 5.74) is 1.05. The summed E-state index contributed by atoms with van der Waals surface area (Å²) in [6.07, 6.45) is 1.02. The average Bonchev–Trinajstić information content (AvgIpc) is 2.62. The Kier molecular flexibility index (Phi) is 4.23. The smallest absolute Gasteiger partial charge is 0.339 e. The van der Waals surface area contributed by atoms with E-state index < -0.39 is 11.6 Å². The van der Waals surface area contributed by atoms with E-state index >= 15 is 0 Å². The van der Waals surface area contributed by atoms with Gasteiger partial charge in [0.25, 0.3) is 5.91 Å². The van der Waals surface area contributed by atoms with Crippen LogP contribution in [0.1, 0.15) is 40.9 Å². The van der Waals surface area contributed by atoms with Gasteiger partial charge in [-0.25, -0.2) is 4.79 Å². The molecule has 0 saturated carbocycles. The number of nitrogens with one attached hydrogen (secondary N) is 1. The zero-order valence-corrected chi connectivity index (χ0v) is 15.8. The molecule has 1 N–H and O–H groups in total. The van der Waals surface area contributed by atoms with Crippen molar-refractivity contribution in [1.82, 2.24) is 5.32 Å². The topological polar surface area (TPSA) is 64.6 Å². The molecule has 0 radical (unpaired) electrons. The van der Waals surface area contributed by atoms with Gasteiger partial charge in [0.05, 0.1) is 18.2 Å². The van der Waals surface area contributed by atoms with Gasteiger partial charge < -0.3 is 14.8 Å². The number of amides is 1. The Balaban J connectivity index is 1.58. The van der Waals surface area contributed by atoms with Crippen LogP contribution in [0, 0.1) is 0 Å². The highest BCUT2D eigenvalue weighted by Crippen LogP contribution is 2.35. The standard InChI is InChI=1S/C20H18BrNO4/c1-20(11-12-4-2-3-5-14(12)18(23)26-20)19(24)22-16-8-9-25-17-7-6-13(21)10-15(16)17/h2-7,10,16H,8-9,11H2,1H3,(H,22,24). The van der Waals surface area contributed by atoms with Crippen molar-refractivity contribution in [3.8, 4) is 5.75 Å². The Labute approximate surface area is 159 Å². The van der Waals surface area contributed by atoms with Crippen LogP contribution in [0.3, 0.4) is 0 Å². The molecule has 0 fully saturated rings. The molecule has 2 aromatic carbocycles. The minimum absolute atomic E-state index is 0.184. The molecule has 0 bridgehead atoms. The van der Waals surface area contributed by atoms with Gasteiger partial charge in [-0.15, -0.1) is 0 Å². The number of benzene rings is 2. The van der Waals surface area contributed by atoms with E-state index in [-0.39, 0.29) is 11.9 Å². The molecule has 2 atom stereocenters. The zero-order chi connectivity index (χ0) is 18.3. The highest BCUT2D eigenvalue weighted by molar-refractivity contribution is 9.10. The molecule has 26 heavy (non-hydrogen) atoms. The first-order chi connectivity index (χ1) is 12.5. The summed E-state index contributed by atoms with van der Waals surface area (Å²) in [6.45, 7) is 2.19. The fourth-order valence-corrected chi connectivity index (χ4v) is 3.86. The number of hydrogen-bond acceptors (Lipinski definition) is 4. The van der Waals surface area contributed by atoms with Crippen molar-refractivity contribution in [1.29, 1.82) is 0 Å². The summed E-state index contributed by atoms with van der Waals surface area (Å²) in [7, 11) is 0. The van der Waals surface area contributed by atoms with Crippen LogP contribution in [0.5, 0.6) is 5.75 Å². The highest BCUT2D eigenvalue weighted by atomic mass is 79.9. The van der Waals surface area contributed by atoms with E-state index in [1.165, 1.54) is 0 Å². The first-order valence-electron chi connectivity index (χ1n) is 8.51. The number of ether oxygens (including phenoxy) is 2. The molecule has 2 aliphatic heterocycles. The number of fused-ring (bicyclic) bond motifs is 2. The lowest BCUT2D eigenvalue weighted by Gasteiger charge is -2.35. The SMILES string of the molecule is CC1(C(=O)NC2CCOc3ccc(Br)cc32)Cc2ccccc2C(=O)O1. The lowest BCUT2D eigenvalue weighted by molar-refractivity contribution is -0.140. The Hall–Kier alpha value is -2.34. The van der Waals surface area contributed by atoms with Gasteiger partial charge in [0.1, 0.15) is 5.75 Å². The minimum atomic E-state index is -1.23. The molecule has 0 aromatic heterocycles. The van der Waals surface area contributed by atoms with Gasteiger partial charge in [-0.3, -0.25) is 4.79 Å². The number of carbonyl (C=O) groups excluding carboxylic acids is 2. The van der Waals surface area contributed by atoms with Gasteiger partial charge in [-0.1, -0.05) is 34.1 Å². The van der Waals surface area contributed by atoms with Crippen LogP contribution >= 0.6 is 15.9 Å². The molecule has 4 rings (SSSR count). The number of carbonyl (C=O) groups is 2. The molecule has 2 aromatic rings.